The van der Waals surface area contributed by atoms with Crippen LogP contribution in [0.1, 0.15) is 10.4 Å². The average Bonchev–Trinajstić information content (AvgIpc) is 2.48. The van der Waals surface area contributed by atoms with Gasteiger partial charge in [-0.1, -0.05) is 0 Å². The highest BCUT2D eigenvalue weighted by molar-refractivity contribution is 5.90. The van der Waals surface area contributed by atoms with Crippen LogP contribution in [0.4, 0.5) is 0 Å². The first-order chi connectivity index (χ1) is 8.31. The maximum atomic E-state index is 11.4. The van der Waals surface area contributed by atoms with E-state index in [1.165, 1.54) is 7.11 Å². The first-order valence-electron chi connectivity index (χ1n) is 5.37. The fourth-order valence-corrected chi connectivity index (χ4v) is 1.51. The van der Waals surface area contributed by atoms with Crippen LogP contribution in [0.15, 0.2) is 18.2 Å². The summed E-state index contributed by atoms with van der Waals surface area (Å²) in [5.74, 6) is 0.758. The molecule has 0 N–H and O–H groups in total. The van der Waals surface area contributed by atoms with Gasteiger partial charge in [-0.2, -0.15) is 0 Å². The third kappa shape index (κ3) is 2.88. The van der Waals surface area contributed by atoms with E-state index in [0.717, 1.165) is 0 Å². The predicted molar refractivity (Wildman–Crippen MR) is 59.6 cm³/mol. The van der Waals surface area contributed by atoms with Gasteiger partial charge in [0.2, 0.25) is 0 Å². The highest BCUT2D eigenvalue weighted by atomic mass is 16.6. The largest absolute Gasteiger partial charge is 0.487 e. The lowest BCUT2D eigenvalue weighted by Gasteiger charge is -2.10. The Morgan fingerprint density at radius 3 is 2.53 bits per heavy atom. The molecule has 0 fully saturated rings. The van der Waals surface area contributed by atoms with Crippen LogP contribution in [0, 0.1) is 0 Å². The minimum atomic E-state index is -0.396. The van der Waals surface area contributed by atoms with Crippen LogP contribution in [0.2, 0.25) is 0 Å². The zero-order valence-corrected chi connectivity index (χ0v) is 9.60. The molecule has 1 heterocycles. The highest BCUT2D eigenvalue weighted by Crippen LogP contribution is 2.29. The summed E-state index contributed by atoms with van der Waals surface area (Å²) in [6.07, 6.45) is 0. The molecule has 1 aromatic carbocycles. The van der Waals surface area contributed by atoms with Crippen molar-refractivity contribution in [3.05, 3.63) is 23.8 Å². The molecule has 17 heavy (non-hydrogen) atoms. The monoisotopic (exact) mass is 238 g/mol. The molecule has 92 valence electrons. The molecule has 2 rings (SSSR count). The Morgan fingerprint density at radius 2 is 1.82 bits per heavy atom. The maximum Gasteiger partial charge on any atom is 0.337 e. The van der Waals surface area contributed by atoms with E-state index >= 15 is 0 Å². The van der Waals surface area contributed by atoms with E-state index < -0.39 is 5.97 Å². The van der Waals surface area contributed by atoms with Gasteiger partial charge in [-0.15, -0.1) is 0 Å². The molecule has 0 spiro atoms. The molecule has 0 aliphatic carbocycles. The van der Waals surface area contributed by atoms with Crippen molar-refractivity contribution in [3.8, 4) is 11.5 Å². The van der Waals surface area contributed by atoms with Crippen molar-refractivity contribution in [2.75, 3.05) is 33.5 Å². The third-order valence-corrected chi connectivity index (χ3v) is 2.34. The number of rotatable bonds is 1. The molecule has 0 unspecified atom stereocenters. The smallest absolute Gasteiger partial charge is 0.337 e. The summed E-state index contributed by atoms with van der Waals surface area (Å²) in [7, 11) is 1.34. The number of hydrogen-bond acceptors (Lipinski definition) is 5. The van der Waals surface area contributed by atoms with Crippen molar-refractivity contribution in [2.45, 2.75) is 0 Å². The topological polar surface area (TPSA) is 54.0 Å². The molecule has 0 atom stereocenters. The standard InChI is InChI=1S/C12H14O5/c1-14-12(13)9-2-3-10-11(8-9)17-7-5-15-4-6-16-10/h2-3,8H,4-7H2,1H3. The maximum absolute atomic E-state index is 11.4. The zero-order chi connectivity index (χ0) is 12.1. The summed E-state index contributed by atoms with van der Waals surface area (Å²) < 4.78 is 20.9. The molecule has 1 aliphatic rings. The highest BCUT2D eigenvalue weighted by Gasteiger charge is 2.13. The molecule has 1 aromatic rings. The quantitative estimate of drug-likeness (QED) is 0.689. The van der Waals surface area contributed by atoms with E-state index in [-0.39, 0.29) is 0 Å². The van der Waals surface area contributed by atoms with Crippen molar-refractivity contribution in [1.29, 1.82) is 0 Å². The van der Waals surface area contributed by atoms with Gasteiger partial charge >= 0.3 is 5.97 Å². The Balaban J connectivity index is 2.25. The number of hydrogen-bond donors (Lipinski definition) is 0. The molecule has 0 saturated heterocycles. The summed E-state index contributed by atoms with van der Waals surface area (Å²) in [5, 5.41) is 0. The van der Waals surface area contributed by atoms with E-state index in [0.29, 0.717) is 43.5 Å². The van der Waals surface area contributed by atoms with Crippen molar-refractivity contribution in [1.82, 2.24) is 0 Å². The Labute approximate surface area is 99.2 Å². The summed E-state index contributed by atoms with van der Waals surface area (Å²) in [5.41, 5.74) is 0.440. The number of ether oxygens (including phenoxy) is 4. The number of carbonyl (C=O) groups is 1. The predicted octanol–water partition coefficient (Wildman–Crippen LogP) is 1.26. The van der Waals surface area contributed by atoms with Gasteiger partial charge in [-0.05, 0) is 18.2 Å². The molecule has 0 saturated carbocycles. The van der Waals surface area contributed by atoms with Gasteiger partial charge in [0.25, 0.3) is 0 Å². The number of carbonyl (C=O) groups excluding carboxylic acids is 1. The van der Waals surface area contributed by atoms with Gasteiger partial charge < -0.3 is 18.9 Å². The number of benzene rings is 1. The number of esters is 1. The summed E-state index contributed by atoms with van der Waals surface area (Å²) in [6.45, 7) is 1.93. The fraction of sp³-hybridized carbons (Fsp3) is 0.417. The van der Waals surface area contributed by atoms with Gasteiger partial charge in [0.05, 0.1) is 25.9 Å². The molecule has 1 aliphatic heterocycles. The first kappa shape index (κ1) is 11.7. The van der Waals surface area contributed by atoms with E-state index in [1.807, 2.05) is 0 Å². The van der Waals surface area contributed by atoms with Crippen LogP contribution in [-0.2, 0) is 9.47 Å². The molecular weight excluding hydrogens is 224 g/mol. The molecule has 0 radical (unpaired) electrons. The lowest BCUT2D eigenvalue weighted by atomic mass is 10.2. The van der Waals surface area contributed by atoms with Crippen molar-refractivity contribution in [3.63, 3.8) is 0 Å². The molecule has 0 aromatic heterocycles. The van der Waals surface area contributed by atoms with E-state index in [1.54, 1.807) is 18.2 Å². The molecule has 5 nitrogen and oxygen atoms in total. The van der Waals surface area contributed by atoms with Crippen LogP contribution in [0.5, 0.6) is 11.5 Å². The summed E-state index contributed by atoms with van der Waals surface area (Å²) in [4.78, 5) is 11.4. The summed E-state index contributed by atoms with van der Waals surface area (Å²) in [6, 6.07) is 4.96. The lowest BCUT2D eigenvalue weighted by Crippen LogP contribution is -2.08. The zero-order valence-electron chi connectivity index (χ0n) is 9.60. The van der Waals surface area contributed by atoms with Gasteiger partial charge in [0.1, 0.15) is 13.2 Å². The molecule has 5 heteroatoms. The Morgan fingerprint density at radius 1 is 1.12 bits per heavy atom. The Hall–Kier alpha value is -1.75. The normalized spacial score (nSPS) is 15.4. The van der Waals surface area contributed by atoms with Crippen molar-refractivity contribution in [2.24, 2.45) is 0 Å². The fourth-order valence-electron chi connectivity index (χ4n) is 1.51. The van der Waals surface area contributed by atoms with Crippen LogP contribution < -0.4 is 9.47 Å². The van der Waals surface area contributed by atoms with Crippen molar-refractivity contribution >= 4 is 5.97 Å². The third-order valence-electron chi connectivity index (χ3n) is 2.34. The second kappa shape index (κ2) is 5.54. The van der Waals surface area contributed by atoms with E-state index in [4.69, 9.17) is 14.2 Å². The Bertz CT molecular complexity index is 402. The second-order valence-electron chi connectivity index (χ2n) is 3.46. The first-order valence-corrected chi connectivity index (χ1v) is 5.37. The van der Waals surface area contributed by atoms with Crippen molar-refractivity contribution < 1.29 is 23.7 Å². The molecule has 0 amide bonds. The van der Waals surface area contributed by atoms with Gasteiger partial charge in [-0.25, -0.2) is 4.79 Å². The minimum Gasteiger partial charge on any atom is -0.487 e. The minimum absolute atomic E-state index is 0.396. The molecular formula is C12H14O5. The van der Waals surface area contributed by atoms with Crippen LogP contribution >= 0.6 is 0 Å². The van der Waals surface area contributed by atoms with Gasteiger partial charge in [0, 0.05) is 0 Å². The van der Waals surface area contributed by atoms with Crippen LogP contribution in [-0.4, -0.2) is 39.5 Å². The van der Waals surface area contributed by atoms with Gasteiger partial charge in [-0.3, -0.25) is 0 Å². The Kier molecular flexibility index (Phi) is 3.82. The SMILES string of the molecule is COC(=O)c1ccc2c(c1)OCCOCCO2. The van der Waals surface area contributed by atoms with Crippen LogP contribution in [0.25, 0.3) is 0 Å². The molecule has 0 bridgehead atoms. The number of methoxy groups -OCH3 is 1. The van der Waals surface area contributed by atoms with E-state index in [9.17, 15) is 4.79 Å². The van der Waals surface area contributed by atoms with E-state index in [2.05, 4.69) is 4.74 Å². The van der Waals surface area contributed by atoms with Crippen LogP contribution in [0.3, 0.4) is 0 Å². The number of fused-ring (bicyclic) bond motifs is 1. The summed E-state index contributed by atoms with van der Waals surface area (Å²) >= 11 is 0. The lowest BCUT2D eigenvalue weighted by molar-refractivity contribution is 0.0600. The second-order valence-corrected chi connectivity index (χ2v) is 3.46. The average molecular weight is 238 g/mol. The van der Waals surface area contributed by atoms with Gasteiger partial charge in [0.15, 0.2) is 11.5 Å².